The van der Waals surface area contributed by atoms with Crippen LogP contribution in [-0.4, -0.2) is 100 Å². The second-order valence-electron chi connectivity index (χ2n) is 29.9. The Hall–Kier alpha value is -13.6. The van der Waals surface area contributed by atoms with Crippen LogP contribution in [0.2, 0.25) is 0 Å². The number of benzene rings is 8. The van der Waals surface area contributed by atoms with E-state index in [0.717, 1.165) is 86.9 Å². The second-order valence-corrected chi connectivity index (χ2v) is 35.1. The summed E-state index contributed by atoms with van der Waals surface area (Å²) in [6.45, 7) is 18.9. The highest BCUT2D eigenvalue weighted by atomic mass is 32.2. The Balaban J connectivity index is 0.000000191. The van der Waals surface area contributed by atoms with Crippen LogP contribution in [0.1, 0.15) is 171 Å². The summed E-state index contributed by atoms with van der Waals surface area (Å²) in [5.74, 6) is -0.474. The predicted octanol–water partition coefficient (Wildman–Crippen LogP) is 8.82. The molecule has 0 radical (unpaired) electrons. The zero-order valence-electron chi connectivity index (χ0n) is 70.9. The number of aryl methyl sites for hydroxylation is 5. The third kappa shape index (κ3) is 26.5. The van der Waals surface area contributed by atoms with Crippen LogP contribution in [-0.2, 0) is 91.1 Å². The molecule has 0 aliphatic carbocycles. The van der Waals surface area contributed by atoms with Gasteiger partial charge in [-0.1, -0.05) is 41.5 Å². The molecular weight excluding hydrogens is 1720 g/mol. The normalized spacial score (nSPS) is 13.1. The quantitative estimate of drug-likeness (QED) is 0.0132. The number of amides is 4. The van der Waals surface area contributed by atoms with Crippen molar-refractivity contribution in [2.45, 2.75) is 130 Å². The lowest BCUT2D eigenvalue weighted by atomic mass is 9.83. The fourth-order valence-corrected chi connectivity index (χ4v) is 15.2. The second kappa shape index (κ2) is 41.5. The number of nitrogen functional groups attached to an aromatic ring is 4. The van der Waals surface area contributed by atoms with E-state index in [9.17, 15) is 52.8 Å². The number of carbonyl (C=O) groups excluding carboxylic acids is 4. The molecular formula is C85H104N20O18S4. The van der Waals surface area contributed by atoms with Gasteiger partial charge in [-0.2, -0.15) is 33.7 Å². The molecule has 4 atom stereocenters. The van der Waals surface area contributed by atoms with E-state index in [1.807, 2.05) is 91.6 Å². The van der Waals surface area contributed by atoms with Crippen molar-refractivity contribution in [1.29, 1.82) is 21.6 Å². The van der Waals surface area contributed by atoms with Crippen molar-refractivity contribution in [2.24, 2.45) is 43.5 Å². The summed E-state index contributed by atoms with van der Waals surface area (Å²) in [6, 6.07) is 39.6. The number of ether oxygens (including phenoxy) is 3. The third-order valence-electron chi connectivity index (χ3n) is 19.5. The van der Waals surface area contributed by atoms with Crippen LogP contribution in [0.4, 0.5) is 22.7 Å². The van der Waals surface area contributed by atoms with Gasteiger partial charge in [-0.15, -0.1) is 0 Å². The maximum Gasteiger partial charge on any atom is 0.298 e. The average molecular weight is 1820 g/mol. The van der Waals surface area contributed by atoms with Crippen LogP contribution in [0.5, 0.6) is 17.2 Å². The van der Waals surface area contributed by atoms with Crippen molar-refractivity contribution >= 4 is 143 Å². The van der Waals surface area contributed by atoms with Crippen LogP contribution in [0.15, 0.2) is 177 Å². The van der Waals surface area contributed by atoms with Crippen molar-refractivity contribution < 1.29 is 80.3 Å². The number of nitrogens with two attached hydrogens (primary N) is 8. The van der Waals surface area contributed by atoms with E-state index in [1.54, 1.807) is 140 Å². The van der Waals surface area contributed by atoms with Gasteiger partial charge in [-0.3, -0.25) is 40.8 Å². The van der Waals surface area contributed by atoms with E-state index >= 15 is 0 Å². The van der Waals surface area contributed by atoms with E-state index in [0.29, 0.717) is 123 Å². The fourth-order valence-electron chi connectivity index (χ4n) is 13.6. The highest BCUT2D eigenvalue weighted by molar-refractivity contribution is 7.88. The topological polar surface area (TPSA) is 672 Å². The van der Waals surface area contributed by atoms with Crippen LogP contribution in [0.25, 0.3) is 32.9 Å². The third-order valence-corrected chi connectivity index (χ3v) is 21.5. The van der Waals surface area contributed by atoms with Crippen LogP contribution >= 0.6 is 0 Å². The summed E-state index contributed by atoms with van der Waals surface area (Å²) in [5, 5.41) is 64.6. The summed E-state index contributed by atoms with van der Waals surface area (Å²) in [4.78, 5) is 51.5. The van der Waals surface area contributed by atoms with Crippen LogP contribution in [0, 0.1) is 28.6 Å². The number of nitrogens with one attached hydrogen (secondary N) is 12. The lowest BCUT2D eigenvalue weighted by Gasteiger charge is -2.23. The SMILES string of the molecule is CCCc1cc2cc([C@@H](Nc3ccc(C(=N)N)cc3)C(=O)NS(N)(=O)=O)cc(OCC)c2o1.CCCc1cc2cc([C@H](Nc3ccc(C(=N)N)cc3)C(=O)NS(N)(=O)=O)cc(OCC)c2o1.CCc1cc(C(Nc2ccc(C(=N)N)cc2)C(=O)NS(N)(=O)=O)cc2c1OCC2(C)C.CCc1cc([C@@H](Nc2ccc(C(=N)N)cc2)C(=O)NS(N)(=O)=O)cc2c(C)coc12. The van der Waals surface area contributed by atoms with Gasteiger partial charge in [0, 0.05) is 85.0 Å². The molecule has 0 spiro atoms. The van der Waals surface area contributed by atoms with Gasteiger partial charge in [-0.25, -0.2) is 39.4 Å². The molecule has 38 nitrogen and oxygen atoms in total. The first kappa shape index (κ1) is 97.2. The molecule has 4 amide bonds. The van der Waals surface area contributed by atoms with Gasteiger partial charge in [0.15, 0.2) is 22.7 Å². The number of fused-ring (bicyclic) bond motifs is 4. The first-order valence-electron chi connectivity index (χ1n) is 39.6. The molecule has 0 bridgehead atoms. The van der Waals surface area contributed by atoms with Gasteiger partial charge in [0.25, 0.3) is 64.5 Å². The van der Waals surface area contributed by atoms with Crippen molar-refractivity contribution in [3.63, 3.8) is 0 Å². The lowest BCUT2D eigenvalue weighted by Crippen LogP contribution is -2.41. The van der Waals surface area contributed by atoms with E-state index in [4.69, 9.17) is 92.6 Å². The summed E-state index contributed by atoms with van der Waals surface area (Å²) < 4.78 is 134. The zero-order chi connectivity index (χ0) is 93.4. The number of anilines is 4. The Morgan fingerprint density at radius 3 is 1.02 bits per heavy atom. The molecule has 3 aromatic heterocycles. The van der Waals surface area contributed by atoms with Crippen molar-refractivity contribution in [3.8, 4) is 17.2 Å². The zero-order valence-corrected chi connectivity index (χ0v) is 74.1. The molecule has 1 aliphatic heterocycles. The first-order valence-corrected chi connectivity index (χ1v) is 45.8. The van der Waals surface area contributed by atoms with Gasteiger partial charge in [0.1, 0.15) is 70.4 Å². The molecule has 0 fully saturated rings. The number of furan rings is 3. The Morgan fingerprint density at radius 1 is 0.425 bits per heavy atom. The Morgan fingerprint density at radius 2 is 0.732 bits per heavy atom. The highest BCUT2D eigenvalue weighted by Gasteiger charge is 2.37. The van der Waals surface area contributed by atoms with Gasteiger partial charge < -0.3 is 71.7 Å². The monoisotopic (exact) mass is 1820 g/mol. The minimum atomic E-state index is -4.29. The minimum absolute atomic E-state index is 0.0801. The maximum absolute atomic E-state index is 12.9. The highest BCUT2D eigenvalue weighted by Crippen LogP contribution is 2.44. The van der Waals surface area contributed by atoms with E-state index < -0.39 is 88.6 Å². The molecule has 1 aliphatic rings. The Bertz CT molecular complexity index is 6230. The summed E-state index contributed by atoms with van der Waals surface area (Å²) in [5.41, 5.74) is 33.4. The minimum Gasteiger partial charge on any atom is -0.492 e. The van der Waals surface area contributed by atoms with Crippen molar-refractivity contribution in [3.05, 3.63) is 242 Å². The maximum atomic E-state index is 12.9. The van der Waals surface area contributed by atoms with Gasteiger partial charge in [0.05, 0.1) is 26.1 Å². The van der Waals surface area contributed by atoms with Gasteiger partial charge >= 0.3 is 0 Å². The van der Waals surface area contributed by atoms with Gasteiger partial charge in [0.2, 0.25) is 0 Å². The molecule has 28 N–H and O–H groups in total. The summed E-state index contributed by atoms with van der Waals surface area (Å²) >= 11 is 0. The predicted molar refractivity (Wildman–Crippen MR) is 488 cm³/mol. The Labute approximate surface area is 734 Å². The molecule has 11 aromatic rings. The molecule has 127 heavy (non-hydrogen) atoms. The summed E-state index contributed by atoms with van der Waals surface area (Å²) in [6.07, 6.45) is 6.26. The largest absolute Gasteiger partial charge is 0.492 e. The van der Waals surface area contributed by atoms with Crippen LogP contribution < -0.4 is 97.9 Å². The number of carbonyl (C=O) groups is 4. The molecule has 4 heterocycles. The molecule has 1 unspecified atom stereocenters. The summed E-state index contributed by atoms with van der Waals surface area (Å²) in [7, 11) is -17.1. The molecule has 0 saturated heterocycles. The van der Waals surface area contributed by atoms with E-state index in [-0.39, 0.29) is 28.8 Å². The molecule has 676 valence electrons. The molecule has 0 saturated carbocycles. The van der Waals surface area contributed by atoms with E-state index in [2.05, 4.69) is 35.1 Å². The average Bonchev–Trinajstić information content (AvgIpc) is 1.65. The smallest absolute Gasteiger partial charge is 0.298 e. The fraction of sp³-hybridized carbons (Fsp3) is 0.271. The van der Waals surface area contributed by atoms with Crippen molar-refractivity contribution in [1.82, 2.24) is 18.9 Å². The number of hydrogen-bond donors (Lipinski definition) is 20. The van der Waals surface area contributed by atoms with Crippen LogP contribution in [0.3, 0.4) is 0 Å². The first-order chi connectivity index (χ1) is 59.7. The number of amidine groups is 4. The van der Waals surface area contributed by atoms with E-state index in [1.165, 1.54) is 0 Å². The molecule has 8 aromatic carbocycles. The lowest BCUT2D eigenvalue weighted by molar-refractivity contribution is -0.121. The Kier molecular flexibility index (Phi) is 31.7. The number of rotatable bonds is 34. The van der Waals surface area contributed by atoms with Gasteiger partial charge in [-0.05, 0) is 243 Å². The molecule has 12 rings (SSSR count). The molecule has 42 heteroatoms. The van der Waals surface area contributed by atoms with Crippen molar-refractivity contribution in [2.75, 3.05) is 41.1 Å². The standard InChI is InChI=1S/2C22H27N5O5S.C21H27N5O4S.C20H23N5O4S/c2*1-3-5-17-11-15-10-14(12-18(31-4-2)20(15)32-17)19(22(28)27-33(25,29)30)26-16-8-6-13(7-9-16)21(23)24;1-4-12-9-14(10-16-18(12)30-11-21(16,2)3)17(20(27)26-31(24,28)29)25-15-7-5-13(6-8-15)19(22)23;1-3-12-8-14(9-16-11(2)10-29-18(12)16)17(20(26)25-30(23,27)28)24-15-6-4-13(5-7-15)19(21)22/h2*6-12,19,26H,3-5H2,1-2H3,(H3,23,24)(H,27,28)(H2,25,29,30);5-10,17,25H,4,11H2,1-3H3,(H3,22,23)(H,26,27)(H2,24,28,29);4-10,17,24H,3H2,1-2H3,(H3,21,22)(H,25,26)(H2,23,27,28)/t2*19-;;17-/m10.1/s1. The number of hydrogen-bond acceptors (Lipinski definition) is 26.